The Hall–Kier alpha value is -2.19. The standard InChI is InChI=1S/C39H71NO7/c1-6-8-10-12-14-16-17-18-19-20-22-24-26-28-30-38(42)47-35(33-45-32-31-36(39(43)44)40(3,4)5)34-46-37(41)29-27-25-23-21-15-13-11-9-7-2/h19-21,23,35-36H,6-18,22,24-34H2,1-5H3/b20-19+,23-21+. The Bertz CT molecular complexity index is 834. The summed E-state index contributed by atoms with van der Waals surface area (Å²) < 4.78 is 17.0. The van der Waals surface area contributed by atoms with E-state index in [4.69, 9.17) is 14.2 Å². The molecule has 0 fully saturated rings. The monoisotopic (exact) mass is 666 g/mol. The molecule has 2 unspecified atom stereocenters. The summed E-state index contributed by atoms with van der Waals surface area (Å²) in [6.07, 6.45) is 30.7. The lowest BCUT2D eigenvalue weighted by Gasteiger charge is -2.34. The Morgan fingerprint density at radius 2 is 1.09 bits per heavy atom. The molecule has 2 atom stereocenters. The molecule has 0 aliphatic rings. The molecule has 0 bridgehead atoms. The molecule has 0 amide bonds. The lowest BCUT2D eigenvalue weighted by Crippen LogP contribution is -2.55. The number of quaternary nitrogens is 1. The van der Waals surface area contributed by atoms with Crippen molar-refractivity contribution in [2.75, 3.05) is 41.0 Å². The molecule has 0 aromatic rings. The number of hydrogen-bond donors (Lipinski definition) is 0. The Labute approximate surface area is 288 Å². The third kappa shape index (κ3) is 29.7. The van der Waals surface area contributed by atoms with Gasteiger partial charge in [-0.15, -0.1) is 0 Å². The van der Waals surface area contributed by atoms with Gasteiger partial charge in [0.1, 0.15) is 12.6 Å². The highest BCUT2D eigenvalue weighted by molar-refractivity contribution is 5.70. The van der Waals surface area contributed by atoms with Gasteiger partial charge < -0.3 is 28.6 Å². The van der Waals surface area contributed by atoms with E-state index in [2.05, 4.69) is 38.2 Å². The molecule has 0 saturated carbocycles. The average molecular weight is 666 g/mol. The van der Waals surface area contributed by atoms with Gasteiger partial charge in [0.2, 0.25) is 0 Å². The Morgan fingerprint density at radius 3 is 1.62 bits per heavy atom. The summed E-state index contributed by atoms with van der Waals surface area (Å²) in [4.78, 5) is 36.5. The van der Waals surface area contributed by atoms with Crippen LogP contribution in [0.1, 0.15) is 155 Å². The van der Waals surface area contributed by atoms with Crippen molar-refractivity contribution in [1.82, 2.24) is 0 Å². The summed E-state index contributed by atoms with van der Waals surface area (Å²) in [6, 6.07) is -0.727. The first kappa shape index (κ1) is 44.8. The zero-order valence-corrected chi connectivity index (χ0v) is 30.9. The molecular formula is C39H71NO7. The molecule has 274 valence electrons. The van der Waals surface area contributed by atoms with Gasteiger partial charge in [0.25, 0.3) is 0 Å². The van der Waals surface area contributed by atoms with E-state index < -0.39 is 18.1 Å². The SMILES string of the molecule is CCCCCC/C=C/CCCC(=O)OCC(COCCC(C(=O)[O-])[N+](C)(C)C)OC(=O)CCCCC/C=C/CCCCCCCCC. The molecule has 8 nitrogen and oxygen atoms in total. The van der Waals surface area contributed by atoms with Gasteiger partial charge in [0, 0.05) is 19.3 Å². The summed E-state index contributed by atoms with van der Waals surface area (Å²) in [5, 5.41) is 11.6. The van der Waals surface area contributed by atoms with Crippen molar-refractivity contribution in [3.05, 3.63) is 24.3 Å². The summed E-state index contributed by atoms with van der Waals surface area (Å²) in [6.45, 7) is 4.56. The van der Waals surface area contributed by atoms with E-state index in [1.54, 1.807) is 21.1 Å². The second-order valence-corrected chi connectivity index (χ2v) is 13.8. The van der Waals surface area contributed by atoms with Crippen LogP contribution in [0.5, 0.6) is 0 Å². The Morgan fingerprint density at radius 1 is 0.617 bits per heavy atom. The minimum Gasteiger partial charge on any atom is -0.544 e. The zero-order chi connectivity index (χ0) is 35.0. The molecule has 0 spiro atoms. The van der Waals surface area contributed by atoms with Gasteiger partial charge in [0.15, 0.2) is 6.10 Å². The summed E-state index contributed by atoms with van der Waals surface area (Å²) in [7, 11) is 5.38. The average Bonchev–Trinajstić information content (AvgIpc) is 3.01. The normalized spacial score (nSPS) is 13.3. The van der Waals surface area contributed by atoms with Crippen molar-refractivity contribution in [2.45, 2.75) is 167 Å². The fourth-order valence-corrected chi connectivity index (χ4v) is 5.30. The lowest BCUT2D eigenvalue weighted by molar-refractivity contribution is -0.889. The fraction of sp³-hybridized carbons (Fsp3) is 0.821. The molecule has 0 saturated heterocycles. The molecule has 0 rings (SSSR count). The number of rotatable bonds is 33. The third-order valence-corrected chi connectivity index (χ3v) is 8.31. The number of carboxylic acid groups (broad SMARTS) is 1. The molecule has 47 heavy (non-hydrogen) atoms. The van der Waals surface area contributed by atoms with Crippen LogP contribution in [-0.4, -0.2) is 75.5 Å². The van der Waals surface area contributed by atoms with Crippen molar-refractivity contribution in [3.63, 3.8) is 0 Å². The second kappa shape index (κ2) is 31.1. The largest absolute Gasteiger partial charge is 0.544 e. The Kier molecular flexibility index (Phi) is 29.7. The maximum absolute atomic E-state index is 12.6. The number of unbranched alkanes of at least 4 members (excludes halogenated alkanes) is 15. The number of carbonyl (C=O) groups excluding carboxylic acids is 3. The topological polar surface area (TPSA) is 102 Å². The van der Waals surface area contributed by atoms with Crippen molar-refractivity contribution >= 4 is 17.9 Å². The third-order valence-electron chi connectivity index (χ3n) is 8.31. The number of esters is 2. The van der Waals surface area contributed by atoms with Crippen LogP contribution in [0.25, 0.3) is 0 Å². The maximum atomic E-state index is 12.6. The zero-order valence-electron chi connectivity index (χ0n) is 30.9. The molecule has 0 aromatic heterocycles. The highest BCUT2D eigenvalue weighted by atomic mass is 16.6. The van der Waals surface area contributed by atoms with Crippen LogP contribution in [-0.2, 0) is 28.6 Å². The molecule has 0 N–H and O–H groups in total. The van der Waals surface area contributed by atoms with E-state index in [9.17, 15) is 19.5 Å². The van der Waals surface area contributed by atoms with Gasteiger partial charge in [-0.1, -0.05) is 102 Å². The van der Waals surface area contributed by atoms with Crippen molar-refractivity contribution in [1.29, 1.82) is 0 Å². The fourth-order valence-electron chi connectivity index (χ4n) is 5.30. The van der Waals surface area contributed by atoms with Crippen LogP contribution in [0.2, 0.25) is 0 Å². The number of allylic oxidation sites excluding steroid dienone is 4. The van der Waals surface area contributed by atoms with E-state index >= 15 is 0 Å². The Balaban J connectivity index is 4.47. The first-order valence-corrected chi connectivity index (χ1v) is 18.9. The van der Waals surface area contributed by atoms with E-state index in [1.807, 2.05) is 0 Å². The van der Waals surface area contributed by atoms with Crippen LogP contribution in [0.4, 0.5) is 0 Å². The highest BCUT2D eigenvalue weighted by Crippen LogP contribution is 2.12. The molecule has 0 heterocycles. The van der Waals surface area contributed by atoms with Crippen LogP contribution in [0.15, 0.2) is 24.3 Å². The smallest absolute Gasteiger partial charge is 0.306 e. The number of aliphatic carboxylic acids is 1. The molecule has 0 aliphatic carbocycles. The number of carbonyl (C=O) groups is 3. The molecule has 0 aliphatic heterocycles. The summed E-state index contributed by atoms with van der Waals surface area (Å²) >= 11 is 0. The van der Waals surface area contributed by atoms with Crippen molar-refractivity contribution in [2.24, 2.45) is 0 Å². The van der Waals surface area contributed by atoms with Crippen molar-refractivity contribution < 1.29 is 38.2 Å². The minimum absolute atomic E-state index is 0.0280. The van der Waals surface area contributed by atoms with Gasteiger partial charge in [-0.3, -0.25) is 9.59 Å². The van der Waals surface area contributed by atoms with Crippen LogP contribution in [0, 0.1) is 0 Å². The molecule has 0 radical (unpaired) electrons. The van der Waals surface area contributed by atoms with E-state index in [1.165, 1.54) is 70.6 Å². The molecular weight excluding hydrogens is 594 g/mol. The van der Waals surface area contributed by atoms with Gasteiger partial charge in [-0.25, -0.2) is 0 Å². The van der Waals surface area contributed by atoms with Gasteiger partial charge in [-0.2, -0.15) is 0 Å². The molecule has 8 heteroatoms. The summed E-state index contributed by atoms with van der Waals surface area (Å²) in [5.74, 6) is -1.80. The number of hydrogen-bond acceptors (Lipinski definition) is 7. The second-order valence-electron chi connectivity index (χ2n) is 13.8. The first-order valence-electron chi connectivity index (χ1n) is 18.9. The van der Waals surface area contributed by atoms with Gasteiger partial charge in [-0.05, 0) is 57.8 Å². The van der Waals surface area contributed by atoms with Crippen LogP contribution in [0.3, 0.4) is 0 Å². The highest BCUT2D eigenvalue weighted by Gasteiger charge is 2.25. The number of likely N-dealkylation sites (N-methyl/N-ethyl adjacent to an activating group) is 1. The predicted molar refractivity (Wildman–Crippen MR) is 190 cm³/mol. The van der Waals surface area contributed by atoms with E-state index in [0.29, 0.717) is 19.3 Å². The van der Waals surface area contributed by atoms with Crippen molar-refractivity contribution in [3.8, 4) is 0 Å². The summed E-state index contributed by atoms with van der Waals surface area (Å²) in [5.41, 5.74) is 0. The van der Waals surface area contributed by atoms with E-state index in [0.717, 1.165) is 44.9 Å². The number of carboxylic acids is 1. The van der Waals surface area contributed by atoms with Crippen LogP contribution >= 0.6 is 0 Å². The van der Waals surface area contributed by atoms with E-state index in [-0.39, 0.29) is 42.7 Å². The lowest BCUT2D eigenvalue weighted by atomic mass is 10.1. The van der Waals surface area contributed by atoms with Crippen LogP contribution < -0.4 is 5.11 Å². The van der Waals surface area contributed by atoms with Gasteiger partial charge >= 0.3 is 11.9 Å². The van der Waals surface area contributed by atoms with Gasteiger partial charge in [0.05, 0.1) is 40.3 Å². The predicted octanol–water partition coefficient (Wildman–Crippen LogP) is 8.02. The molecule has 0 aromatic carbocycles. The number of ether oxygens (including phenoxy) is 3. The maximum Gasteiger partial charge on any atom is 0.306 e. The quantitative estimate of drug-likeness (QED) is 0.0303. The first-order chi connectivity index (χ1) is 22.6. The minimum atomic E-state index is -1.13. The number of nitrogens with zero attached hydrogens (tertiary/aromatic N) is 1.